The Morgan fingerprint density at radius 2 is 2.35 bits per heavy atom. The van der Waals surface area contributed by atoms with Crippen LogP contribution in [0.5, 0.6) is 0 Å². The van der Waals surface area contributed by atoms with Crippen molar-refractivity contribution in [3.05, 3.63) is 39.9 Å². The average molecular weight is 390 g/mol. The highest BCUT2D eigenvalue weighted by atomic mass is 32.2. The standard InChI is InChI=1S/C17H19N5O2S2/c1-10-4-2-6-12-14(10)19-13(20-15(12)23)9-25-17-22-21-16(26-17)18-8-11-5-3-7-24-11/h2,4,6,11H,3,5,7-9H2,1H3,(H,18,21)(H,19,20,23)/t11-/m0/s1. The predicted octanol–water partition coefficient (Wildman–Crippen LogP) is 2.97. The van der Waals surface area contributed by atoms with Crippen molar-refractivity contribution in [1.29, 1.82) is 0 Å². The lowest BCUT2D eigenvalue weighted by atomic mass is 10.1. The van der Waals surface area contributed by atoms with Gasteiger partial charge in [-0.25, -0.2) is 4.98 Å². The molecule has 0 radical (unpaired) electrons. The third-order valence-corrected chi connectivity index (χ3v) is 6.26. The van der Waals surface area contributed by atoms with E-state index in [2.05, 4.69) is 25.5 Å². The van der Waals surface area contributed by atoms with E-state index in [0.29, 0.717) is 17.0 Å². The number of fused-ring (bicyclic) bond motifs is 1. The molecule has 3 aromatic rings. The molecule has 4 rings (SSSR count). The summed E-state index contributed by atoms with van der Waals surface area (Å²) in [6.07, 6.45) is 2.48. The van der Waals surface area contributed by atoms with Gasteiger partial charge in [0.1, 0.15) is 5.82 Å². The molecule has 136 valence electrons. The fourth-order valence-corrected chi connectivity index (χ4v) is 4.53. The minimum absolute atomic E-state index is 0.106. The maximum absolute atomic E-state index is 12.2. The number of aromatic nitrogens is 4. The molecule has 2 N–H and O–H groups in total. The third-order valence-electron chi connectivity index (χ3n) is 4.23. The first-order chi connectivity index (χ1) is 12.7. The Morgan fingerprint density at radius 3 is 3.19 bits per heavy atom. The van der Waals surface area contributed by atoms with E-state index in [4.69, 9.17) is 4.74 Å². The Labute approximate surface area is 158 Å². The van der Waals surface area contributed by atoms with Crippen LogP contribution in [0.1, 0.15) is 24.2 Å². The van der Waals surface area contributed by atoms with Crippen LogP contribution in [0.4, 0.5) is 5.13 Å². The largest absolute Gasteiger partial charge is 0.376 e. The Morgan fingerprint density at radius 1 is 1.42 bits per heavy atom. The molecule has 0 unspecified atom stereocenters. The fourth-order valence-electron chi connectivity index (χ4n) is 2.90. The first kappa shape index (κ1) is 17.4. The summed E-state index contributed by atoms with van der Waals surface area (Å²) in [6.45, 7) is 3.57. The number of aromatic amines is 1. The first-order valence-corrected chi connectivity index (χ1v) is 10.3. The molecular formula is C17H19N5O2S2. The van der Waals surface area contributed by atoms with E-state index in [-0.39, 0.29) is 11.7 Å². The van der Waals surface area contributed by atoms with Crippen LogP contribution in [0.2, 0.25) is 0 Å². The smallest absolute Gasteiger partial charge is 0.258 e. The summed E-state index contributed by atoms with van der Waals surface area (Å²) in [5.74, 6) is 1.19. The Kier molecular flexibility index (Phi) is 5.18. The fraction of sp³-hybridized carbons (Fsp3) is 0.412. The van der Waals surface area contributed by atoms with Gasteiger partial charge in [-0.1, -0.05) is 35.2 Å². The summed E-state index contributed by atoms with van der Waals surface area (Å²) in [6, 6.07) is 5.62. The number of ether oxygens (including phenoxy) is 1. The molecule has 0 saturated carbocycles. The second kappa shape index (κ2) is 7.73. The van der Waals surface area contributed by atoms with Gasteiger partial charge in [0.25, 0.3) is 5.56 Å². The van der Waals surface area contributed by atoms with Crippen LogP contribution in [-0.2, 0) is 10.5 Å². The van der Waals surface area contributed by atoms with Crippen molar-refractivity contribution in [2.24, 2.45) is 0 Å². The van der Waals surface area contributed by atoms with Crippen molar-refractivity contribution < 1.29 is 4.74 Å². The van der Waals surface area contributed by atoms with E-state index < -0.39 is 0 Å². The van der Waals surface area contributed by atoms with E-state index in [1.807, 2.05) is 19.1 Å². The molecule has 1 fully saturated rings. The molecule has 1 atom stereocenters. The zero-order chi connectivity index (χ0) is 17.9. The zero-order valence-corrected chi connectivity index (χ0v) is 16.0. The van der Waals surface area contributed by atoms with Crippen molar-refractivity contribution in [2.45, 2.75) is 36.0 Å². The van der Waals surface area contributed by atoms with Gasteiger partial charge in [-0.2, -0.15) is 0 Å². The average Bonchev–Trinajstić information content (AvgIpc) is 3.31. The maximum atomic E-state index is 12.2. The number of anilines is 1. The van der Waals surface area contributed by atoms with Crippen molar-refractivity contribution in [2.75, 3.05) is 18.5 Å². The molecular weight excluding hydrogens is 370 g/mol. The number of aryl methyl sites for hydroxylation is 1. The molecule has 0 amide bonds. The lowest BCUT2D eigenvalue weighted by Gasteiger charge is -2.08. The highest BCUT2D eigenvalue weighted by Gasteiger charge is 2.16. The summed E-state index contributed by atoms with van der Waals surface area (Å²) in [5, 5.41) is 13.0. The van der Waals surface area contributed by atoms with Crippen LogP contribution in [0.3, 0.4) is 0 Å². The van der Waals surface area contributed by atoms with Gasteiger partial charge in [0.2, 0.25) is 5.13 Å². The summed E-state index contributed by atoms with van der Waals surface area (Å²) in [7, 11) is 0. The molecule has 26 heavy (non-hydrogen) atoms. The van der Waals surface area contributed by atoms with Crippen molar-refractivity contribution in [1.82, 2.24) is 20.2 Å². The minimum atomic E-state index is -0.106. The van der Waals surface area contributed by atoms with Gasteiger partial charge in [0.05, 0.1) is 22.8 Å². The third kappa shape index (κ3) is 3.89. The number of thioether (sulfide) groups is 1. The van der Waals surface area contributed by atoms with Crippen LogP contribution in [0, 0.1) is 6.92 Å². The highest BCUT2D eigenvalue weighted by Crippen LogP contribution is 2.28. The Balaban J connectivity index is 1.40. The molecule has 0 aliphatic carbocycles. The van der Waals surface area contributed by atoms with Gasteiger partial charge in [0.15, 0.2) is 4.34 Å². The van der Waals surface area contributed by atoms with Crippen molar-refractivity contribution in [3.8, 4) is 0 Å². The van der Waals surface area contributed by atoms with Crippen LogP contribution in [0.15, 0.2) is 27.3 Å². The lowest BCUT2D eigenvalue weighted by Crippen LogP contribution is -2.18. The van der Waals surface area contributed by atoms with Gasteiger partial charge in [-0.3, -0.25) is 4.79 Å². The van der Waals surface area contributed by atoms with Gasteiger partial charge in [0, 0.05) is 13.2 Å². The second-order valence-corrected chi connectivity index (χ2v) is 8.36. The Bertz CT molecular complexity index is 965. The summed E-state index contributed by atoms with van der Waals surface area (Å²) in [5.41, 5.74) is 1.64. The summed E-state index contributed by atoms with van der Waals surface area (Å²) < 4.78 is 6.43. The van der Waals surface area contributed by atoms with E-state index >= 15 is 0 Å². The van der Waals surface area contributed by atoms with Crippen LogP contribution in [0.25, 0.3) is 10.9 Å². The quantitative estimate of drug-likeness (QED) is 0.626. The van der Waals surface area contributed by atoms with Crippen LogP contribution >= 0.6 is 23.1 Å². The predicted molar refractivity (Wildman–Crippen MR) is 104 cm³/mol. The molecule has 0 spiro atoms. The van der Waals surface area contributed by atoms with Crippen LogP contribution in [-0.4, -0.2) is 39.4 Å². The van der Waals surface area contributed by atoms with Gasteiger partial charge >= 0.3 is 0 Å². The monoisotopic (exact) mass is 389 g/mol. The second-order valence-electron chi connectivity index (χ2n) is 6.16. The van der Waals surface area contributed by atoms with Gasteiger partial charge < -0.3 is 15.0 Å². The molecule has 9 heteroatoms. The number of hydrogen-bond acceptors (Lipinski definition) is 8. The van der Waals surface area contributed by atoms with E-state index in [1.54, 1.807) is 6.07 Å². The maximum Gasteiger partial charge on any atom is 0.258 e. The zero-order valence-electron chi connectivity index (χ0n) is 14.3. The topological polar surface area (TPSA) is 92.8 Å². The number of para-hydroxylation sites is 1. The van der Waals surface area contributed by atoms with E-state index in [0.717, 1.165) is 46.5 Å². The molecule has 1 aromatic carbocycles. The Hall–Kier alpha value is -1.97. The molecule has 1 saturated heterocycles. The highest BCUT2D eigenvalue weighted by molar-refractivity contribution is 8.00. The van der Waals surface area contributed by atoms with E-state index in [1.165, 1.54) is 23.1 Å². The van der Waals surface area contributed by atoms with E-state index in [9.17, 15) is 4.79 Å². The van der Waals surface area contributed by atoms with Gasteiger partial charge in [-0.05, 0) is 31.4 Å². The molecule has 1 aliphatic rings. The number of rotatable bonds is 6. The molecule has 0 bridgehead atoms. The number of hydrogen-bond donors (Lipinski definition) is 2. The number of nitrogens with one attached hydrogen (secondary N) is 2. The lowest BCUT2D eigenvalue weighted by molar-refractivity contribution is 0.120. The molecule has 3 heterocycles. The normalized spacial score (nSPS) is 17.0. The SMILES string of the molecule is Cc1cccc2c(=O)[nH]c(CSc3nnc(NC[C@@H]4CCCO4)s3)nc12. The number of H-pyrrole nitrogens is 1. The van der Waals surface area contributed by atoms with Crippen molar-refractivity contribution >= 4 is 39.1 Å². The number of nitrogens with zero attached hydrogens (tertiary/aromatic N) is 3. The minimum Gasteiger partial charge on any atom is -0.376 e. The first-order valence-electron chi connectivity index (χ1n) is 8.49. The van der Waals surface area contributed by atoms with Crippen LogP contribution < -0.4 is 10.9 Å². The summed E-state index contributed by atoms with van der Waals surface area (Å²) >= 11 is 3.02. The molecule has 1 aliphatic heterocycles. The number of benzene rings is 1. The molecule has 7 nitrogen and oxygen atoms in total. The molecule has 2 aromatic heterocycles. The van der Waals surface area contributed by atoms with Crippen molar-refractivity contribution in [3.63, 3.8) is 0 Å². The van der Waals surface area contributed by atoms with Gasteiger partial charge in [-0.15, -0.1) is 10.2 Å². The summed E-state index contributed by atoms with van der Waals surface area (Å²) in [4.78, 5) is 19.7.